The zero-order valence-electron chi connectivity index (χ0n) is 21.7. The van der Waals surface area contributed by atoms with Gasteiger partial charge in [-0.1, -0.05) is 56.3 Å². The summed E-state index contributed by atoms with van der Waals surface area (Å²) < 4.78 is 0. The van der Waals surface area contributed by atoms with E-state index in [1.165, 1.54) is 0 Å². The topological polar surface area (TPSA) is 113 Å². The van der Waals surface area contributed by atoms with Gasteiger partial charge in [0.2, 0.25) is 11.8 Å². The van der Waals surface area contributed by atoms with Crippen molar-refractivity contribution in [3.05, 3.63) is 71.3 Å². The Morgan fingerprint density at radius 2 is 1.73 bits per heavy atom. The van der Waals surface area contributed by atoms with Gasteiger partial charge in [0.1, 0.15) is 12.1 Å². The second kappa shape index (κ2) is 11.3. The molecule has 196 valence electrons. The zero-order chi connectivity index (χ0) is 26.7. The number of ketones is 1. The molecular weight excluding hydrogens is 468 g/mol. The van der Waals surface area contributed by atoms with Crippen LogP contribution < -0.4 is 11.1 Å². The third-order valence-corrected chi connectivity index (χ3v) is 7.39. The van der Waals surface area contributed by atoms with E-state index in [0.29, 0.717) is 31.5 Å². The van der Waals surface area contributed by atoms with Crippen molar-refractivity contribution in [2.75, 3.05) is 13.1 Å². The molecule has 2 fully saturated rings. The van der Waals surface area contributed by atoms with Gasteiger partial charge in [0.05, 0.1) is 18.5 Å². The number of likely N-dealkylation sites (tertiary alicyclic amines) is 2. The average Bonchev–Trinajstić information content (AvgIpc) is 3.48. The molecule has 37 heavy (non-hydrogen) atoms. The fourth-order valence-electron chi connectivity index (χ4n) is 5.47. The Bertz CT molecular complexity index is 1170. The molecule has 3 N–H and O–H groups in total. The van der Waals surface area contributed by atoms with Crippen molar-refractivity contribution in [3.8, 4) is 0 Å². The lowest BCUT2D eigenvalue weighted by atomic mass is 9.99. The quantitative estimate of drug-likeness (QED) is 0.574. The van der Waals surface area contributed by atoms with Crippen LogP contribution in [0.2, 0.25) is 0 Å². The van der Waals surface area contributed by atoms with E-state index >= 15 is 0 Å². The first-order valence-corrected chi connectivity index (χ1v) is 13.0. The minimum absolute atomic E-state index is 0.00219. The van der Waals surface area contributed by atoms with Gasteiger partial charge in [-0.2, -0.15) is 0 Å². The highest BCUT2D eigenvalue weighted by atomic mass is 16.2. The van der Waals surface area contributed by atoms with Gasteiger partial charge < -0.3 is 20.9 Å². The molecule has 0 bridgehead atoms. The first kappa shape index (κ1) is 26.5. The molecule has 2 aliphatic rings. The van der Waals surface area contributed by atoms with Crippen molar-refractivity contribution >= 4 is 23.5 Å². The van der Waals surface area contributed by atoms with Gasteiger partial charge in [-0.3, -0.25) is 19.2 Å². The smallest absolute Gasteiger partial charge is 0.251 e. The maximum Gasteiger partial charge on any atom is 0.251 e. The van der Waals surface area contributed by atoms with E-state index in [1.807, 2.05) is 57.2 Å². The number of hydrogen-bond acceptors (Lipinski definition) is 5. The maximum absolute atomic E-state index is 13.7. The van der Waals surface area contributed by atoms with Gasteiger partial charge in [-0.05, 0) is 48.9 Å². The van der Waals surface area contributed by atoms with Crippen LogP contribution in [0.5, 0.6) is 0 Å². The Hall–Kier alpha value is -3.52. The van der Waals surface area contributed by atoms with Gasteiger partial charge >= 0.3 is 0 Å². The number of nitrogens with one attached hydrogen (secondary N) is 1. The highest BCUT2D eigenvalue weighted by Crippen LogP contribution is 2.33. The van der Waals surface area contributed by atoms with Crippen molar-refractivity contribution in [2.24, 2.45) is 11.7 Å². The van der Waals surface area contributed by atoms with Gasteiger partial charge in [-0.25, -0.2) is 0 Å². The molecule has 0 spiro atoms. The summed E-state index contributed by atoms with van der Waals surface area (Å²) >= 11 is 0. The van der Waals surface area contributed by atoms with Crippen molar-refractivity contribution in [2.45, 2.75) is 64.2 Å². The number of nitrogens with zero attached hydrogens (tertiary/aromatic N) is 2. The normalized spacial score (nSPS) is 20.6. The van der Waals surface area contributed by atoms with E-state index in [0.717, 1.165) is 11.1 Å². The molecule has 2 heterocycles. The molecule has 8 nitrogen and oxygen atoms in total. The average molecular weight is 505 g/mol. The van der Waals surface area contributed by atoms with Crippen LogP contribution in [-0.2, 0) is 20.9 Å². The predicted molar refractivity (Wildman–Crippen MR) is 141 cm³/mol. The molecule has 0 aliphatic carbocycles. The largest absolute Gasteiger partial charge is 0.340 e. The molecule has 2 aromatic rings. The molecule has 8 heteroatoms. The van der Waals surface area contributed by atoms with Crippen LogP contribution in [0.4, 0.5) is 0 Å². The molecule has 0 saturated carbocycles. The summed E-state index contributed by atoms with van der Waals surface area (Å²) in [5.41, 5.74) is 7.87. The van der Waals surface area contributed by atoms with E-state index < -0.39 is 12.1 Å². The van der Waals surface area contributed by atoms with Crippen molar-refractivity contribution in [1.29, 1.82) is 0 Å². The lowest BCUT2D eigenvalue weighted by Crippen LogP contribution is -2.53. The Morgan fingerprint density at radius 1 is 1.00 bits per heavy atom. The summed E-state index contributed by atoms with van der Waals surface area (Å²) in [6, 6.07) is 14.7. The number of carbonyl (C=O) groups excluding carboxylic acids is 4. The highest BCUT2D eigenvalue weighted by molar-refractivity contribution is 6.01. The first-order chi connectivity index (χ1) is 17.7. The van der Waals surface area contributed by atoms with Crippen LogP contribution in [0.25, 0.3) is 0 Å². The molecule has 2 aliphatic heterocycles. The van der Waals surface area contributed by atoms with E-state index in [9.17, 15) is 19.2 Å². The predicted octanol–water partition coefficient (Wildman–Crippen LogP) is 2.47. The van der Waals surface area contributed by atoms with E-state index in [4.69, 9.17) is 5.73 Å². The lowest BCUT2D eigenvalue weighted by Gasteiger charge is -2.29. The Balaban J connectivity index is 1.50. The number of benzene rings is 2. The van der Waals surface area contributed by atoms with Crippen LogP contribution in [0, 0.1) is 5.92 Å². The third kappa shape index (κ3) is 5.59. The fourth-order valence-corrected chi connectivity index (χ4v) is 5.47. The summed E-state index contributed by atoms with van der Waals surface area (Å²) in [5, 5.41) is 2.90. The summed E-state index contributed by atoms with van der Waals surface area (Å²) in [6.07, 6.45) is 0.979. The van der Waals surface area contributed by atoms with E-state index in [2.05, 4.69) is 5.32 Å². The van der Waals surface area contributed by atoms with Gasteiger partial charge in [0.25, 0.3) is 5.91 Å². The molecular formula is C29H36N4O4. The van der Waals surface area contributed by atoms with Crippen LogP contribution in [0.3, 0.4) is 0 Å². The SMILES string of the molecule is CC(C)C[C@H](NC(=O)c1cccc(CN)c1)C(=O)N1CCC2C1C(=O)CN2C(=O)[C@H](C)c1ccccc1. The minimum atomic E-state index is -0.770. The van der Waals surface area contributed by atoms with Gasteiger partial charge in [0, 0.05) is 18.7 Å². The number of rotatable bonds is 8. The number of hydrogen-bond donors (Lipinski definition) is 2. The number of nitrogens with two attached hydrogens (primary N) is 1. The van der Waals surface area contributed by atoms with E-state index in [-0.39, 0.29) is 47.9 Å². The number of carbonyl (C=O) groups is 4. The minimum Gasteiger partial charge on any atom is -0.340 e. The second-order valence-corrected chi connectivity index (χ2v) is 10.5. The standard InChI is InChI=1S/C29H36N4O4/c1-18(2)14-23(31-27(35)22-11-7-8-20(15-22)16-30)29(37)32-13-12-24-26(32)25(34)17-33(24)28(36)19(3)21-9-5-4-6-10-21/h4-11,15,18-19,23-24,26H,12-14,16-17,30H2,1-3H3,(H,31,35)/t19-,23+,24?,26?/m1/s1. The summed E-state index contributed by atoms with van der Waals surface area (Å²) in [7, 11) is 0. The fraction of sp³-hybridized carbons (Fsp3) is 0.448. The molecule has 2 saturated heterocycles. The van der Waals surface area contributed by atoms with Crippen LogP contribution in [-0.4, -0.2) is 64.5 Å². The molecule has 3 amide bonds. The van der Waals surface area contributed by atoms with Crippen molar-refractivity contribution in [3.63, 3.8) is 0 Å². The number of Topliss-reactive ketones (excluding diaryl/α,β-unsaturated/α-hetero) is 1. The molecule has 4 rings (SSSR count). The van der Waals surface area contributed by atoms with Crippen LogP contribution >= 0.6 is 0 Å². The van der Waals surface area contributed by atoms with Crippen LogP contribution in [0.1, 0.15) is 61.0 Å². The lowest BCUT2D eigenvalue weighted by molar-refractivity contribution is -0.138. The number of fused-ring (bicyclic) bond motifs is 1. The monoisotopic (exact) mass is 504 g/mol. The Labute approximate surface area is 218 Å². The third-order valence-electron chi connectivity index (χ3n) is 7.39. The summed E-state index contributed by atoms with van der Waals surface area (Å²) in [4.78, 5) is 56.4. The van der Waals surface area contributed by atoms with Gasteiger partial charge in [-0.15, -0.1) is 0 Å². The van der Waals surface area contributed by atoms with Gasteiger partial charge in [0.15, 0.2) is 5.78 Å². The highest BCUT2D eigenvalue weighted by Gasteiger charge is 2.52. The maximum atomic E-state index is 13.7. The summed E-state index contributed by atoms with van der Waals surface area (Å²) in [5.74, 6) is -1.09. The molecule has 4 atom stereocenters. The van der Waals surface area contributed by atoms with Crippen molar-refractivity contribution < 1.29 is 19.2 Å². The molecule has 2 aromatic carbocycles. The molecule has 2 unspecified atom stereocenters. The van der Waals surface area contributed by atoms with Crippen molar-refractivity contribution in [1.82, 2.24) is 15.1 Å². The van der Waals surface area contributed by atoms with Crippen LogP contribution in [0.15, 0.2) is 54.6 Å². The Kier molecular flexibility index (Phi) is 8.07. The number of amides is 3. The molecule has 0 aromatic heterocycles. The summed E-state index contributed by atoms with van der Waals surface area (Å²) in [6.45, 7) is 6.51. The second-order valence-electron chi connectivity index (χ2n) is 10.5. The first-order valence-electron chi connectivity index (χ1n) is 13.0. The zero-order valence-corrected chi connectivity index (χ0v) is 21.7. The Morgan fingerprint density at radius 3 is 2.41 bits per heavy atom. The molecule has 0 radical (unpaired) electrons. The van der Waals surface area contributed by atoms with E-state index in [1.54, 1.807) is 28.0 Å².